The molecule has 0 aromatic rings. The summed E-state index contributed by atoms with van der Waals surface area (Å²) >= 11 is 0. The van der Waals surface area contributed by atoms with Crippen LogP contribution in [0.4, 0.5) is 0 Å². The lowest BCUT2D eigenvalue weighted by molar-refractivity contribution is -0.118. The maximum atomic E-state index is 10.9. The summed E-state index contributed by atoms with van der Waals surface area (Å²) in [6.07, 6.45) is 3.88. The summed E-state index contributed by atoms with van der Waals surface area (Å²) in [5.74, 6) is 1.13. The van der Waals surface area contributed by atoms with Gasteiger partial charge in [-0.05, 0) is 32.2 Å². The Hall–Kier alpha value is -0.370. The summed E-state index contributed by atoms with van der Waals surface area (Å²) in [6.45, 7) is 6.83. The number of hydrogen-bond acceptors (Lipinski definition) is 2. The fraction of sp³-hybridized carbons (Fsp3) is 0.900. The van der Waals surface area contributed by atoms with Crippen LogP contribution in [0.2, 0.25) is 0 Å². The van der Waals surface area contributed by atoms with E-state index in [1.807, 2.05) is 0 Å². The fourth-order valence-electron chi connectivity index (χ4n) is 1.94. The summed E-state index contributed by atoms with van der Waals surface area (Å²) < 4.78 is 0. The normalized spacial score (nSPS) is 25.7. The largest absolute Gasteiger partial charge is 0.299 e. The molecule has 1 saturated heterocycles. The van der Waals surface area contributed by atoms with E-state index in [4.69, 9.17) is 0 Å². The zero-order valence-corrected chi connectivity index (χ0v) is 8.18. The van der Waals surface area contributed by atoms with Crippen molar-refractivity contribution in [1.82, 2.24) is 4.90 Å². The smallest absolute Gasteiger partial charge is 0.143 e. The Morgan fingerprint density at radius 1 is 1.58 bits per heavy atom. The average molecular weight is 169 g/mol. The molecule has 1 aliphatic heterocycles. The van der Waals surface area contributed by atoms with Gasteiger partial charge in [0, 0.05) is 6.54 Å². The fourth-order valence-corrected chi connectivity index (χ4v) is 1.94. The first kappa shape index (κ1) is 9.72. The quantitative estimate of drug-likeness (QED) is 0.641. The third-order valence-electron chi connectivity index (χ3n) is 2.63. The van der Waals surface area contributed by atoms with Gasteiger partial charge in [0.25, 0.3) is 0 Å². The highest BCUT2D eigenvalue weighted by molar-refractivity contribution is 5.77. The minimum absolute atomic E-state index is 0.298. The Kier molecular flexibility index (Phi) is 3.73. The molecule has 1 rings (SSSR count). The summed E-state index contributed by atoms with van der Waals surface area (Å²) in [4.78, 5) is 13.2. The van der Waals surface area contributed by atoms with Crippen LogP contribution in [0.3, 0.4) is 0 Å². The zero-order chi connectivity index (χ0) is 8.97. The molecule has 1 heterocycles. The SMILES string of the molecule is CCC1CCCN(CC(C)=O)C1. The molecule has 0 spiro atoms. The molecule has 0 bridgehead atoms. The molecule has 0 aliphatic carbocycles. The van der Waals surface area contributed by atoms with E-state index < -0.39 is 0 Å². The van der Waals surface area contributed by atoms with Crippen molar-refractivity contribution >= 4 is 5.78 Å². The summed E-state index contributed by atoms with van der Waals surface area (Å²) in [6, 6.07) is 0. The van der Waals surface area contributed by atoms with Crippen LogP contribution in [0, 0.1) is 5.92 Å². The predicted molar refractivity (Wildman–Crippen MR) is 50.1 cm³/mol. The van der Waals surface area contributed by atoms with Gasteiger partial charge in [0.1, 0.15) is 5.78 Å². The minimum Gasteiger partial charge on any atom is -0.299 e. The van der Waals surface area contributed by atoms with Crippen LogP contribution in [-0.4, -0.2) is 30.3 Å². The number of ketones is 1. The number of Topliss-reactive ketones (excluding diaryl/α,β-unsaturated/α-hetero) is 1. The van der Waals surface area contributed by atoms with E-state index in [0.29, 0.717) is 12.3 Å². The van der Waals surface area contributed by atoms with Crippen molar-refractivity contribution < 1.29 is 4.79 Å². The second kappa shape index (κ2) is 4.61. The molecule has 12 heavy (non-hydrogen) atoms. The van der Waals surface area contributed by atoms with E-state index in [1.165, 1.54) is 19.3 Å². The van der Waals surface area contributed by atoms with Crippen LogP contribution in [0.1, 0.15) is 33.1 Å². The van der Waals surface area contributed by atoms with Crippen molar-refractivity contribution in [3.8, 4) is 0 Å². The van der Waals surface area contributed by atoms with Crippen molar-refractivity contribution in [2.45, 2.75) is 33.1 Å². The van der Waals surface area contributed by atoms with Gasteiger partial charge in [0.2, 0.25) is 0 Å². The van der Waals surface area contributed by atoms with Gasteiger partial charge in [0.05, 0.1) is 6.54 Å². The summed E-state index contributed by atoms with van der Waals surface area (Å²) in [5.41, 5.74) is 0. The summed E-state index contributed by atoms with van der Waals surface area (Å²) in [7, 11) is 0. The van der Waals surface area contributed by atoms with Crippen molar-refractivity contribution in [3.05, 3.63) is 0 Å². The first-order chi connectivity index (χ1) is 5.72. The Balaban J connectivity index is 2.30. The van der Waals surface area contributed by atoms with Gasteiger partial charge < -0.3 is 0 Å². The number of carbonyl (C=O) groups excluding carboxylic acids is 1. The first-order valence-corrected chi connectivity index (χ1v) is 4.94. The molecule has 1 unspecified atom stereocenters. The van der Waals surface area contributed by atoms with E-state index in [0.717, 1.165) is 19.0 Å². The molecule has 0 aromatic heterocycles. The molecule has 70 valence electrons. The van der Waals surface area contributed by atoms with Crippen molar-refractivity contribution in [1.29, 1.82) is 0 Å². The molecular weight excluding hydrogens is 150 g/mol. The van der Waals surface area contributed by atoms with Crippen LogP contribution in [0.5, 0.6) is 0 Å². The molecule has 0 aromatic carbocycles. The third-order valence-corrected chi connectivity index (χ3v) is 2.63. The second-order valence-electron chi connectivity index (χ2n) is 3.85. The number of piperidine rings is 1. The monoisotopic (exact) mass is 169 g/mol. The third kappa shape index (κ3) is 2.94. The number of nitrogens with zero attached hydrogens (tertiary/aromatic N) is 1. The number of hydrogen-bond donors (Lipinski definition) is 0. The van der Waals surface area contributed by atoms with Gasteiger partial charge in [-0.2, -0.15) is 0 Å². The van der Waals surface area contributed by atoms with E-state index in [9.17, 15) is 4.79 Å². The molecule has 1 fully saturated rings. The summed E-state index contributed by atoms with van der Waals surface area (Å²) in [5, 5.41) is 0. The van der Waals surface area contributed by atoms with Gasteiger partial charge in [-0.3, -0.25) is 9.69 Å². The number of likely N-dealkylation sites (tertiary alicyclic amines) is 1. The maximum absolute atomic E-state index is 10.9. The topological polar surface area (TPSA) is 20.3 Å². The molecule has 0 N–H and O–H groups in total. The van der Waals surface area contributed by atoms with E-state index in [2.05, 4.69) is 11.8 Å². The predicted octanol–water partition coefficient (Wildman–Crippen LogP) is 1.70. The molecular formula is C10H19NO. The van der Waals surface area contributed by atoms with Gasteiger partial charge >= 0.3 is 0 Å². The average Bonchev–Trinajstić information content (AvgIpc) is 2.03. The lowest BCUT2D eigenvalue weighted by Gasteiger charge is -2.31. The van der Waals surface area contributed by atoms with Gasteiger partial charge in [-0.15, -0.1) is 0 Å². The first-order valence-electron chi connectivity index (χ1n) is 4.94. The molecule has 0 radical (unpaired) electrons. The Morgan fingerprint density at radius 3 is 2.92 bits per heavy atom. The van der Waals surface area contributed by atoms with Crippen molar-refractivity contribution in [2.24, 2.45) is 5.92 Å². The van der Waals surface area contributed by atoms with E-state index >= 15 is 0 Å². The molecule has 0 amide bonds. The Labute approximate surface area is 74.9 Å². The Morgan fingerprint density at radius 2 is 2.33 bits per heavy atom. The van der Waals surface area contributed by atoms with Crippen LogP contribution >= 0.6 is 0 Å². The van der Waals surface area contributed by atoms with Crippen LogP contribution in [-0.2, 0) is 4.79 Å². The number of carbonyl (C=O) groups is 1. The van der Waals surface area contributed by atoms with Crippen molar-refractivity contribution in [2.75, 3.05) is 19.6 Å². The highest BCUT2D eigenvalue weighted by atomic mass is 16.1. The molecule has 1 aliphatic rings. The standard InChI is InChI=1S/C10H19NO/c1-3-10-5-4-6-11(8-10)7-9(2)12/h10H,3-8H2,1-2H3. The van der Waals surface area contributed by atoms with Gasteiger partial charge in [0.15, 0.2) is 0 Å². The second-order valence-corrected chi connectivity index (χ2v) is 3.85. The lowest BCUT2D eigenvalue weighted by atomic mass is 9.95. The minimum atomic E-state index is 0.298. The van der Waals surface area contributed by atoms with Crippen LogP contribution in [0.25, 0.3) is 0 Å². The van der Waals surface area contributed by atoms with E-state index in [1.54, 1.807) is 6.92 Å². The molecule has 2 heteroatoms. The van der Waals surface area contributed by atoms with Gasteiger partial charge in [-0.25, -0.2) is 0 Å². The highest BCUT2D eigenvalue weighted by Gasteiger charge is 2.18. The van der Waals surface area contributed by atoms with Crippen molar-refractivity contribution in [3.63, 3.8) is 0 Å². The molecule has 1 atom stereocenters. The van der Waals surface area contributed by atoms with E-state index in [-0.39, 0.29) is 0 Å². The Bertz CT molecular complexity index is 156. The number of rotatable bonds is 3. The maximum Gasteiger partial charge on any atom is 0.143 e. The zero-order valence-electron chi connectivity index (χ0n) is 8.18. The lowest BCUT2D eigenvalue weighted by Crippen LogP contribution is -2.37. The van der Waals surface area contributed by atoms with Crippen LogP contribution < -0.4 is 0 Å². The molecule has 2 nitrogen and oxygen atoms in total. The van der Waals surface area contributed by atoms with Gasteiger partial charge in [-0.1, -0.05) is 13.3 Å². The molecule has 0 saturated carbocycles. The highest BCUT2D eigenvalue weighted by Crippen LogP contribution is 2.18. The van der Waals surface area contributed by atoms with Crippen LogP contribution in [0.15, 0.2) is 0 Å².